The Balaban J connectivity index is 2.67. The molecule has 1 fully saturated rings. The fraction of sp³-hybridized carbons (Fsp3) is 0.846. The maximum absolute atomic E-state index is 11.5. The molecule has 8 nitrogen and oxygen atoms in total. The molecule has 1 saturated heterocycles. The maximum atomic E-state index is 11.5. The molecule has 1 rings (SSSR count). The Labute approximate surface area is 133 Å². The highest BCUT2D eigenvalue weighted by Crippen LogP contribution is 2.30. The zero-order valence-corrected chi connectivity index (χ0v) is 13.5. The molecule has 0 radical (unpaired) electrons. The highest BCUT2D eigenvalue weighted by atomic mass is 32.2. The second-order valence-electron chi connectivity index (χ2n) is 4.96. The minimum atomic E-state index is -2.11. The van der Waals surface area contributed by atoms with E-state index in [4.69, 9.17) is 9.47 Å². The summed E-state index contributed by atoms with van der Waals surface area (Å²) in [6, 6.07) is -1.09. The van der Waals surface area contributed by atoms with Gasteiger partial charge >= 0.3 is 5.97 Å². The van der Waals surface area contributed by atoms with Crippen molar-refractivity contribution >= 4 is 23.6 Å². The van der Waals surface area contributed by atoms with Gasteiger partial charge in [-0.05, 0) is 17.9 Å². The predicted molar refractivity (Wildman–Crippen MR) is 79.3 cm³/mol. The first-order valence-electron chi connectivity index (χ1n) is 7.08. The second-order valence-corrected chi connectivity index (χ2v) is 6.36. The molecule has 9 heteroatoms. The summed E-state index contributed by atoms with van der Waals surface area (Å²) in [5.74, 6) is -2.23. The minimum Gasteiger partial charge on any atom is -0.477 e. The summed E-state index contributed by atoms with van der Waals surface area (Å²) in [5.41, 5.74) is 0. The molecule has 0 spiro atoms. The number of hydrogen-bond acceptors (Lipinski definition) is 7. The number of carboxylic acids is 1. The van der Waals surface area contributed by atoms with E-state index < -0.39 is 36.1 Å². The van der Waals surface area contributed by atoms with Gasteiger partial charge in [0.25, 0.3) is 5.79 Å². The van der Waals surface area contributed by atoms with Crippen LogP contribution in [-0.2, 0) is 19.1 Å². The molecular weight excluding hydrogens is 314 g/mol. The van der Waals surface area contributed by atoms with Crippen LogP contribution < -0.4 is 5.32 Å². The van der Waals surface area contributed by atoms with E-state index in [0.29, 0.717) is 6.42 Å². The van der Waals surface area contributed by atoms with Crippen molar-refractivity contribution in [2.45, 2.75) is 50.9 Å². The van der Waals surface area contributed by atoms with Crippen molar-refractivity contribution in [1.82, 2.24) is 5.32 Å². The molecule has 1 amide bonds. The Bertz CT molecular complexity index is 381. The van der Waals surface area contributed by atoms with E-state index in [2.05, 4.69) is 5.32 Å². The van der Waals surface area contributed by atoms with Crippen LogP contribution in [0, 0.1) is 0 Å². The van der Waals surface area contributed by atoms with Gasteiger partial charge in [0.05, 0.1) is 12.7 Å². The topological polar surface area (TPSA) is 125 Å². The van der Waals surface area contributed by atoms with Crippen molar-refractivity contribution in [3.8, 4) is 0 Å². The third-order valence-electron chi connectivity index (χ3n) is 3.18. The standard InChI is InChI=1S/C13H23NO7S/c1-3-22-6-4-5-20-13(12(18)19)7-9(16)10(11(17)21-13)14-8(2)15/h9-11,16-17H,3-7H2,1-2H3,(H,14,15)(H,18,19)/t9-,10+,11+,13+/m0/s1. The highest BCUT2D eigenvalue weighted by molar-refractivity contribution is 7.99. The van der Waals surface area contributed by atoms with Gasteiger partial charge in [0.1, 0.15) is 6.04 Å². The van der Waals surface area contributed by atoms with E-state index in [1.54, 1.807) is 11.8 Å². The molecule has 4 atom stereocenters. The number of nitrogens with one attached hydrogen (secondary N) is 1. The van der Waals surface area contributed by atoms with Crippen LogP contribution in [0.25, 0.3) is 0 Å². The minimum absolute atomic E-state index is 0.129. The molecule has 128 valence electrons. The lowest BCUT2D eigenvalue weighted by atomic mass is 9.97. The van der Waals surface area contributed by atoms with Gasteiger partial charge in [-0.3, -0.25) is 4.79 Å². The zero-order valence-electron chi connectivity index (χ0n) is 12.7. The van der Waals surface area contributed by atoms with Gasteiger partial charge in [0.2, 0.25) is 5.91 Å². The van der Waals surface area contributed by atoms with Gasteiger partial charge in [-0.25, -0.2) is 4.79 Å². The van der Waals surface area contributed by atoms with E-state index in [9.17, 15) is 24.9 Å². The number of aliphatic carboxylic acids is 1. The largest absolute Gasteiger partial charge is 0.477 e. The smallest absolute Gasteiger partial charge is 0.364 e. The average molecular weight is 337 g/mol. The first-order chi connectivity index (χ1) is 10.3. The van der Waals surface area contributed by atoms with E-state index in [0.717, 1.165) is 11.5 Å². The fourth-order valence-electron chi connectivity index (χ4n) is 2.15. The number of carbonyl (C=O) groups excluding carboxylic acids is 1. The maximum Gasteiger partial charge on any atom is 0.364 e. The van der Waals surface area contributed by atoms with Crippen molar-refractivity contribution in [3.63, 3.8) is 0 Å². The summed E-state index contributed by atoms with van der Waals surface area (Å²) >= 11 is 1.70. The summed E-state index contributed by atoms with van der Waals surface area (Å²) in [6.45, 7) is 3.37. The van der Waals surface area contributed by atoms with Crippen molar-refractivity contribution in [3.05, 3.63) is 0 Å². The van der Waals surface area contributed by atoms with E-state index in [-0.39, 0.29) is 13.0 Å². The van der Waals surface area contributed by atoms with Crippen LogP contribution in [-0.4, -0.2) is 69.5 Å². The zero-order chi connectivity index (χ0) is 16.8. The van der Waals surface area contributed by atoms with Crippen LogP contribution in [0.4, 0.5) is 0 Å². The molecule has 4 N–H and O–H groups in total. The first-order valence-corrected chi connectivity index (χ1v) is 8.24. The Morgan fingerprint density at radius 2 is 2.14 bits per heavy atom. The summed E-state index contributed by atoms with van der Waals surface area (Å²) in [5, 5.41) is 31.5. The monoisotopic (exact) mass is 337 g/mol. The Morgan fingerprint density at radius 3 is 2.64 bits per heavy atom. The second kappa shape index (κ2) is 8.68. The highest BCUT2D eigenvalue weighted by Gasteiger charge is 2.52. The number of thioether (sulfide) groups is 1. The van der Waals surface area contributed by atoms with Crippen LogP contribution in [0.2, 0.25) is 0 Å². The van der Waals surface area contributed by atoms with E-state index in [1.165, 1.54) is 6.92 Å². The van der Waals surface area contributed by atoms with Crippen molar-refractivity contribution in [2.24, 2.45) is 0 Å². The quantitative estimate of drug-likeness (QED) is 0.438. The number of carboxylic acid groups (broad SMARTS) is 1. The molecule has 0 aromatic carbocycles. The van der Waals surface area contributed by atoms with E-state index >= 15 is 0 Å². The molecule has 0 bridgehead atoms. The molecule has 0 saturated carbocycles. The molecule has 1 aliphatic rings. The third-order valence-corrected chi connectivity index (χ3v) is 4.16. The molecule has 0 aromatic rings. The number of hydrogen-bond donors (Lipinski definition) is 4. The molecule has 1 aliphatic heterocycles. The van der Waals surface area contributed by atoms with Gasteiger partial charge in [0.15, 0.2) is 6.29 Å². The lowest BCUT2D eigenvalue weighted by Crippen LogP contribution is -2.63. The molecule has 0 aliphatic carbocycles. The van der Waals surface area contributed by atoms with Crippen molar-refractivity contribution in [2.75, 3.05) is 18.1 Å². The summed E-state index contributed by atoms with van der Waals surface area (Å²) in [6.07, 6.45) is -2.73. The molecule has 0 unspecified atom stereocenters. The Kier molecular flexibility index (Phi) is 7.57. The number of amides is 1. The van der Waals surface area contributed by atoms with Crippen molar-refractivity contribution < 1.29 is 34.4 Å². The molecule has 0 aromatic heterocycles. The van der Waals surface area contributed by atoms with Crippen molar-refractivity contribution in [1.29, 1.82) is 0 Å². The predicted octanol–water partition coefficient (Wildman–Crippen LogP) is -0.469. The van der Waals surface area contributed by atoms with Gasteiger partial charge in [-0.15, -0.1) is 0 Å². The SMILES string of the molecule is CCSCCCO[C@]1(C(=O)O)C[C@H](O)[C@@H](NC(C)=O)[C@H](O)O1. The first kappa shape index (κ1) is 19.2. The third kappa shape index (κ3) is 5.10. The lowest BCUT2D eigenvalue weighted by Gasteiger charge is -2.42. The summed E-state index contributed by atoms with van der Waals surface area (Å²) in [4.78, 5) is 22.5. The van der Waals surface area contributed by atoms with E-state index in [1.807, 2.05) is 6.92 Å². The van der Waals surface area contributed by atoms with Gasteiger partial charge < -0.3 is 30.1 Å². The molecule has 22 heavy (non-hydrogen) atoms. The van der Waals surface area contributed by atoms with Gasteiger partial charge in [-0.2, -0.15) is 11.8 Å². The van der Waals surface area contributed by atoms with Crippen LogP contribution in [0.5, 0.6) is 0 Å². The number of aliphatic hydroxyl groups excluding tert-OH is 2. The normalized spacial score (nSPS) is 31.7. The fourth-order valence-corrected chi connectivity index (χ4v) is 2.76. The lowest BCUT2D eigenvalue weighted by molar-refractivity contribution is -0.332. The summed E-state index contributed by atoms with van der Waals surface area (Å²) < 4.78 is 10.4. The number of ether oxygens (including phenoxy) is 2. The number of rotatable bonds is 8. The van der Waals surface area contributed by atoms with Crippen LogP contribution in [0.3, 0.4) is 0 Å². The average Bonchev–Trinajstić information content (AvgIpc) is 2.42. The van der Waals surface area contributed by atoms with Crippen LogP contribution in [0.15, 0.2) is 0 Å². The Morgan fingerprint density at radius 1 is 1.45 bits per heavy atom. The molecule has 1 heterocycles. The summed E-state index contributed by atoms with van der Waals surface area (Å²) in [7, 11) is 0. The van der Waals surface area contributed by atoms with Gasteiger partial charge in [0, 0.05) is 13.3 Å². The number of aliphatic hydroxyl groups is 2. The van der Waals surface area contributed by atoms with Crippen LogP contribution in [0.1, 0.15) is 26.7 Å². The Hall–Kier alpha value is -0.870. The molecular formula is C13H23NO7S. The van der Waals surface area contributed by atoms with Crippen LogP contribution >= 0.6 is 11.8 Å². The number of carbonyl (C=O) groups is 2. The van der Waals surface area contributed by atoms with Gasteiger partial charge in [-0.1, -0.05) is 6.92 Å².